The van der Waals surface area contributed by atoms with Gasteiger partial charge in [-0.15, -0.1) is 0 Å². The zero-order valence-corrected chi connectivity index (χ0v) is 17.5. The third-order valence-electron chi connectivity index (χ3n) is 3.35. The number of rotatable bonds is 12. The normalized spacial score (nSPS) is 13.4. The average Bonchev–Trinajstić information content (AvgIpc) is 2.56. The quantitative estimate of drug-likeness (QED) is 0.311. The topological polar surface area (TPSA) is 100 Å². The smallest absolute Gasteiger partial charge is 0.407 e. The maximum absolute atomic E-state index is 11.9. The lowest BCUT2D eigenvalue weighted by atomic mass is 9.97. The highest BCUT2D eigenvalue weighted by molar-refractivity contribution is 5.75. The van der Waals surface area contributed by atoms with Gasteiger partial charge in [-0.3, -0.25) is 9.59 Å². The number of esters is 2. The van der Waals surface area contributed by atoms with Crippen molar-refractivity contribution in [2.24, 2.45) is 11.8 Å². The van der Waals surface area contributed by atoms with Gasteiger partial charge in [0.1, 0.15) is 12.2 Å². The van der Waals surface area contributed by atoms with E-state index >= 15 is 0 Å². The van der Waals surface area contributed by atoms with Gasteiger partial charge in [-0.05, 0) is 33.6 Å². The molecule has 158 valence electrons. The van der Waals surface area contributed by atoms with Crippen LogP contribution in [-0.4, -0.2) is 56.6 Å². The number of ether oxygens (including phenoxy) is 4. The van der Waals surface area contributed by atoms with Gasteiger partial charge in [0, 0.05) is 6.54 Å². The van der Waals surface area contributed by atoms with Crippen molar-refractivity contribution in [1.29, 1.82) is 0 Å². The molecule has 0 aromatic carbocycles. The summed E-state index contributed by atoms with van der Waals surface area (Å²) in [6, 6.07) is 0. The fourth-order valence-corrected chi connectivity index (χ4v) is 2.05. The van der Waals surface area contributed by atoms with Crippen LogP contribution in [0.4, 0.5) is 4.79 Å². The lowest BCUT2D eigenvalue weighted by Crippen LogP contribution is -2.34. The Hall–Kier alpha value is -1.83. The van der Waals surface area contributed by atoms with E-state index in [1.165, 1.54) is 0 Å². The largest absolute Gasteiger partial charge is 0.465 e. The monoisotopic (exact) mass is 389 g/mol. The molecular formula is C19H35NO7. The highest BCUT2D eigenvalue weighted by Gasteiger charge is 2.23. The third kappa shape index (κ3) is 14.0. The molecule has 2 unspecified atom stereocenters. The van der Waals surface area contributed by atoms with E-state index in [9.17, 15) is 14.4 Å². The van der Waals surface area contributed by atoms with Crippen LogP contribution in [0, 0.1) is 11.8 Å². The Morgan fingerprint density at radius 2 is 1.44 bits per heavy atom. The van der Waals surface area contributed by atoms with Gasteiger partial charge in [0.25, 0.3) is 0 Å². The number of hydrogen-bond acceptors (Lipinski definition) is 7. The summed E-state index contributed by atoms with van der Waals surface area (Å²) in [6.45, 7) is 12.1. The van der Waals surface area contributed by atoms with Crippen molar-refractivity contribution >= 4 is 18.0 Å². The van der Waals surface area contributed by atoms with E-state index in [1.54, 1.807) is 34.6 Å². The van der Waals surface area contributed by atoms with Crippen LogP contribution < -0.4 is 5.32 Å². The van der Waals surface area contributed by atoms with E-state index in [1.807, 2.05) is 6.92 Å². The van der Waals surface area contributed by atoms with Crippen LogP contribution in [0.3, 0.4) is 0 Å². The van der Waals surface area contributed by atoms with Crippen molar-refractivity contribution in [1.82, 2.24) is 5.32 Å². The van der Waals surface area contributed by atoms with Crippen molar-refractivity contribution in [2.45, 2.75) is 60.0 Å². The summed E-state index contributed by atoms with van der Waals surface area (Å²) in [4.78, 5) is 35.0. The van der Waals surface area contributed by atoms with Crippen molar-refractivity contribution in [2.75, 3.05) is 33.0 Å². The molecule has 0 aliphatic rings. The molecule has 0 heterocycles. The summed E-state index contributed by atoms with van der Waals surface area (Å²) in [7, 11) is 0. The van der Waals surface area contributed by atoms with E-state index in [4.69, 9.17) is 18.9 Å². The molecule has 0 fully saturated rings. The van der Waals surface area contributed by atoms with E-state index in [2.05, 4.69) is 5.32 Å². The number of alkyl carbamates (subject to hydrolysis) is 1. The molecule has 0 rings (SSSR count). The predicted molar refractivity (Wildman–Crippen MR) is 100 cm³/mol. The molecule has 0 aromatic heterocycles. The number of amides is 1. The maximum Gasteiger partial charge on any atom is 0.407 e. The second-order valence-electron chi connectivity index (χ2n) is 7.41. The molecule has 2 atom stereocenters. The van der Waals surface area contributed by atoms with Gasteiger partial charge < -0.3 is 24.3 Å². The van der Waals surface area contributed by atoms with Gasteiger partial charge in [0.15, 0.2) is 0 Å². The SMILES string of the molecule is CCCOC(=O)C(C)CC(C)C(=O)OCCOCCNC(=O)OC(C)(C)C. The van der Waals surface area contributed by atoms with Gasteiger partial charge in [0.05, 0.1) is 31.7 Å². The summed E-state index contributed by atoms with van der Waals surface area (Å²) in [5.74, 6) is -1.42. The molecule has 0 aromatic rings. The van der Waals surface area contributed by atoms with Crippen LogP contribution in [0.25, 0.3) is 0 Å². The molecule has 8 nitrogen and oxygen atoms in total. The zero-order chi connectivity index (χ0) is 20.9. The summed E-state index contributed by atoms with van der Waals surface area (Å²) < 4.78 is 20.6. The summed E-state index contributed by atoms with van der Waals surface area (Å²) >= 11 is 0. The Balaban J connectivity index is 3.78. The first-order valence-corrected chi connectivity index (χ1v) is 9.44. The fraction of sp³-hybridized carbons (Fsp3) is 0.842. The van der Waals surface area contributed by atoms with Crippen LogP contribution in [0.1, 0.15) is 54.4 Å². The van der Waals surface area contributed by atoms with Gasteiger partial charge in [-0.25, -0.2) is 4.79 Å². The van der Waals surface area contributed by atoms with Crippen molar-refractivity contribution in [3.05, 3.63) is 0 Å². The lowest BCUT2D eigenvalue weighted by Gasteiger charge is -2.19. The summed E-state index contributed by atoms with van der Waals surface area (Å²) in [6.07, 6.45) is 0.642. The number of hydrogen-bond donors (Lipinski definition) is 1. The number of carbonyl (C=O) groups excluding carboxylic acids is 3. The first kappa shape index (κ1) is 25.2. The molecule has 1 amide bonds. The Morgan fingerprint density at radius 1 is 0.889 bits per heavy atom. The van der Waals surface area contributed by atoms with Crippen molar-refractivity contribution in [3.8, 4) is 0 Å². The predicted octanol–water partition coefficient (Wildman–Crippen LogP) is 2.69. The van der Waals surface area contributed by atoms with E-state index < -0.39 is 17.6 Å². The molecule has 0 aliphatic heterocycles. The number of carbonyl (C=O) groups is 3. The first-order valence-electron chi connectivity index (χ1n) is 9.44. The van der Waals surface area contributed by atoms with E-state index in [-0.39, 0.29) is 37.7 Å². The standard InChI is InChI=1S/C19H35NO7/c1-7-9-25-16(21)14(2)13-15(3)17(22)26-12-11-24-10-8-20-18(23)27-19(4,5)6/h14-15H,7-13H2,1-6H3,(H,20,23). The second kappa shape index (κ2) is 13.4. The lowest BCUT2D eigenvalue weighted by molar-refractivity contribution is -0.152. The van der Waals surface area contributed by atoms with Crippen molar-refractivity contribution < 1.29 is 33.3 Å². The minimum Gasteiger partial charge on any atom is -0.465 e. The second-order valence-corrected chi connectivity index (χ2v) is 7.41. The van der Waals surface area contributed by atoms with Crippen molar-refractivity contribution in [3.63, 3.8) is 0 Å². The van der Waals surface area contributed by atoms with Gasteiger partial charge in [0.2, 0.25) is 0 Å². The Kier molecular flexibility index (Phi) is 12.5. The van der Waals surface area contributed by atoms with Gasteiger partial charge >= 0.3 is 18.0 Å². The molecule has 0 spiro atoms. The highest BCUT2D eigenvalue weighted by Crippen LogP contribution is 2.15. The maximum atomic E-state index is 11.9. The van der Waals surface area contributed by atoms with E-state index in [0.29, 0.717) is 19.6 Å². The first-order chi connectivity index (χ1) is 12.6. The molecule has 27 heavy (non-hydrogen) atoms. The fourth-order valence-electron chi connectivity index (χ4n) is 2.05. The zero-order valence-electron chi connectivity index (χ0n) is 17.5. The molecule has 0 aliphatic carbocycles. The third-order valence-corrected chi connectivity index (χ3v) is 3.35. The Labute approximate surface area is 162 Å². The summed E-state index contributed by atoms with van der Waals surface area (Å²) in [5.41, 5.74) is -0.542. The molecular weight excluding hydrogens is 354 g/mol. The van der Waals surface area contributed by atoms with Crippen LogP contribution in [0.2, 0.25) is 0 Å². The molecule has 0 saturated carbocycles. The molecule has 8 heteroatoms. The van der Waals surface area contributed by atoms with Crippen LogP contribution in [0.15, 0.2) is 0 Å². The Bertz CT molecular complexity index is 459. The van der Waals surface area contributed by atoms with Gasteiger partial charge in [-0.2, -0.15) is 0 Å². The number of nitrogens with one attached hydrogen (secondary N) is 1. The average molecular weight is 389 g/mol. The minimum atomic E-state index is -0.542. The molecule has 0 saturated heterocycles. The molecule has 0 bridgehead atoms. The van der Waals surface area contributed by atoms with Gasteiger partial charge in [-0.1, -0.05) is 20.8 Å². The van der Waals surface area contributed by atoms with Crippen LogP contribution in [-0.2, 0) is 28.5 Å². The van der Waals surface area contributed by atoms with Crippen LogP contribution >= 0.6 is 0 Å². The molecule has 1 N–H and O–H groups in total. The molecule has 0 radical (unpaired) electrons. The highest BCUT2D eigenvalue weighted by atomic mass is 16.6. The summed E-state index contributed by atoms with van der Waals surface area (Å²) in [5, 5.41) is 2.57. The Morgan fingerprint density at radius 3 is 1.96 bits per heavy atom. The van der Waals surface area contributed by atoms with Crippen LogP contribution in [0.5, 0.6) is 0 Å². The minimum absolute atomic E-state index is 0.115. The van der Waals surface area contributed by atoms with E-state index in [0.717, 1.165) is 6.42 Å².